The van der Waals surface area contributed by atoms with Crippen molar-refractivity contribution in [1.82, 2.24) is 9.97 Å². The van der Waals surface area contributed by atoms with Crippen LogP contribution in [0.4, 0.5) is 0 Å². The Morgan fingerprint density at radius 2 is 1.00 bits per heavy atom. The number of hydrogen-bond donors (Lipinski definition) is 0. The van der Waals surface area contributed by atoms with Gasteiger partial charge in [-0.2, -0.15) is 0 Å². The molecule has 118 valence electrons. The number of hydrogen-bond acceptors (Lipinski definition) is 4. The highest BCUT2D eigenvalue weighted by atomic mass is 32.1. The number of aryl methyl sites for hydroxylation is 2. The lowest BCUT2D eigenvalue weighted by atomic mass is 10.0. The Labute approximate surface area is 149 Å². The van der Waals surface area contributed by atoms with E-state index in [1.807, 2.05) is 47.5 Å². The molecule has 0 radical (unpaired) electrons. The van der Waals surface area contributed by atoms with Crippen LogP contribution in [0.25, 0.3) is 32.0 Å². The Morgan fingerprint density at radius 1 is 0.625 bits per heavy atom. The summed E-state index contributed by atoms with van der Waals surface area (Å²) in [6.45, 7) is 4.34. The molecule has 0 amide bonds. The summed E-state index contributed by atoms with van der Waals surface area (Å²) >= 11 is 3.72. The summed E-state index contributed by atoms with van der Waals surface area (Å²) in [5, 5.41) is 0. The fourth-order valence-corrected chi connectivity index (χ4v) is 5.08. The van der Waals surface area contributed by atoms with Gasteiger partial charge in [-0.15, -0.1) is 22.7 Å². The second-order valence-electron chi connectivity index (χ2n) is 5.67. The second-order valence-corrected chi connectivity index (χ2v) is 8.18. The van der Waals surface area contributed by atoms with E-state index < -0.39 is 0 Å². The van der Waals surface area contributed by atoms with Crippen LogP contribution in [-0.4, -0.2) is 9.97 Å². The van der Waals surface area contributed by atoms with Crippen LogP contribution in [0.1, 0.15) is 9.75 Å². The molecular formula is C20H16N2S2. The van der Waals surface area contributed by atoms with E-state index in [2.05, 4.69) is 60.2 Å². The van der Waals surface area contributed by atoms with Gasteiger partial charge in [0.25, 0.3) is 0 Å². The Bertz CT molecular complexity index is 888. The molecule has 0 atom stereocenters. The van der Waals surface area contributed by atoms with Crippen LogP contribution in [-0.2, 0) is 0 Å². The van der Waals surface area contributed by atoms with Crippen molar-refractivity contribution in [3.05, 3.63) is 70.9 Å². The van der Waals surface area contributed by atoms with Gasteiger partial charge >= 0.3 is 0 Å². The first kappa shape index (κ1) is 15.2. The summed E-state index contributed by atoms with van der Waals surface area (Å²) in [4.78, 5) is 13.6. The highest BCUT2D eigenvalue weighted by Gasteiger charge is 2.18. The Hall–Kier alpha value is -2.30. The van der Waals surface area contributed by atoms with Crippen molar-refractivity contribution in [2.24, 2.45) is 0 Å². The molecule has 0 N–H and O–H groups in total. The molecule has 0 saturated carbocycles. The minimum Gasteiger partial charge on any atom is -0.265 e. The Balaban J connectivity index is 1.93. The van der Waals surface area contributed by atoms with E-state index in [1.165, 1.54) is 41.8 Å². The molecule has 4 rings (SSSR count). The van der Waals surface area contributed by atoms with Gasteiger partial charge in [0, 0.05) is 45.7 Å². The van der Waals surface area contributed by atoms with Gasteiger partial charge in [0.15, 0.2) is 0 Å². The van der Waals surface area contributed by atoms with E-state index >= 15 is 0 Å². The maximum Gasteiger partial charge on any atom is 0.0530 e. The molecule has 0 bridgehead atoms. The third-order valence-electron chi connectivity index (χ3n) is 3.90. The average molecular weight is 348 g/mol. The van der Waals surface area contributed by atoms with E-state index in [1.54, 1.807) is 0 Å². The second kappa shape index (κ2) is 6.30. The molecule has 0 aliphatic carbocycles. The molecule has 4 aromatic rings. The summed E-state index contributed by atoms with van der Waals surface area (Å²) in [6.07, 6.45) is 7.43. The van der Waals surface area contributed by atoms with Crippen molar-refractivity contribution in [3.8, 4) is 32.0 Å². The van der Waals surface area contributed by atoms with Gasteiger partial charge in [-0.1, -0.05) is 0 Å². The summed E-state index contributed by atoms with van der Waals surface area (Å²) in [7, 11) is 0. The maximum atomic E-state index is 4.15. The molecule has 0 aliphatic heterocycles. The zero-order valence-electron chi connectivity index (χ0n) is 13.5. The average Bonchev–Trinajstić information content (AvgIpc) is 3.19. The fraction of sp³-hybridized carbons (Fsp3) is 0.100. The van der Waals surface area contributed by atoms with Crippen molar-refractivity contribution in [1.29, 1.82) is 0 Å². The van der Waals surface area contributed by atoms with Crippen molar-refractivity contribution in [2.75, 3.05) is 0 Å². The van der Waals surface area contributed by atoms with Gasteiger partial charge in [0.1, 0.15) is 0 Å². The van der Waals surface area contributed by atoms with Gasteiger partial charge in [-0.05, 0) is 61.4 Å². The SMILES string of the molecule is Cc1cc(-c2ccncc2)c(-c2sc(C)cc2-c2ccncc2)s1. The van der Waals surface area contributed by atoms with Crippen molar-refractivity contribution < 1.29 is 0 Å². The third-order valence-corrected chi connectivity index (χ3v) is 6.16. The molecule has 4 aromatic heterocycles. The predicted molar refractivity (Wildman–Crippen MR) is 104 cm³/mol. The zero-order valence-corrected chi connectivity index (χ0v) is 15.1. The van der Waals surface area contributed by atoms with E-state index in [0.717, 1.165) is 0 Å². The van der Waals surface area contributed by atoms with Crippen LogP contribution >= 0.6 is 22.7 Å². The number of aromatic nitrogens is 2. The van der Waals surface area contributed by atoms with E-state index in [9.17, 15) is 0 Å². The first-order valence-electron chi connectivity index (χ1n) is 7.74. The molecule has 0 spiro atoms. The minimum absolute atomic E-state index is 1.22. The smallest absolute Gasteiger partial charge is 0.0530 e. The van der Waals surface area contributed by atoms with Gasteiger partial charge < -0.3 is 0 Å². The highest BCUT2D eigenvalue weighted by molar-refractivity contribution is 7.23. The van der Waals surface area contributed by atoms with E-state index in [4.69, 9.17) is 0 Å². The van der Waals surface area contributed by atoms with Crippen molar-refractivity contribution >= 4 is 22.7 Å². The van der Waals surface area contributed by atoms with Gasteiger partial charge in [0.05, 0.1) is 9.75 Å². The molecule has 4 heteroatoms. The summed E-state index contributed by atoms with van der Waals surface area (Å²) in [5.74, 6) is 0. The molecule has 0 saturated heterocycles. The minimum atomic E-state index is 1.22. The monoisotopic (exact) mass is 348 g/mol. The van der Waals surface area contributed by atoms with Crippen LogP contribution in [0.5, 0.6) is 0 Å². The van der Waals surface area contributed by atoms with Crippen molar-refractivity contribution in [3.63, 3.8) is 0 Å². The lowest BCUT2D eigenvalue weighted by Gasteiger charge is -2.06. The summed E-state index contributed by atoms with van der Waals surface area (Å²) in [6, 6.07) is 12.9. The molecule has 0 unspecified atom stereocenters. The number of nitrogens with zero attached hydrogens (tertiary/aromatic N) is 2. The zero-order chi connectivity index (χ0) is 16.5. The molecule has 0 aromatic carbocycles. The first-order chi connectivity index (χ1) is 11.7. The maximum absolute atomic E-state index is 4.15. The molecule has 0 fully saturated rings. The van der Waals surface area contributed by atoms with E-state index in [0.29, 0.717) is 0 Å². The van der Waals surface area contributed by atoms with Crippen LogP contribution in [0.2, 0.25) is 0 Å². The first-order valence-corrected chi connectivity index (χ1v) is 9.38. The van der Waals surface area contributed by atoms with E-state index in [-0.39, 0.29) is 0 Å². The van der Waals surface area contributed by atoms with Crippen LogP contribution in [0, 0.1) is 13.8 Å². The molecule has 0 aliphatic rings. The predicted octanol–water partition coefficient (Wildman–Crippen LogP) is 6.22. The van der Waals surface area contributed by atoms with Gasteiger partial charge in [-0.3, -0.25) is 9.97 Å². The van der Waals surface area contributed by atoms with Gasteiger partial charge in [-0.25, -0.2) is 0 Å². The summed E-state index contributed by atoms with van der Waals surface area (Å²) in [5.41, 5.74) is 5.02. The number of thiophene rings is 2. The number of pyridine rings is 2. The van der Waals surface area contributed by atoms with Crippen LogP contribution in [0.3, 0.4) is 0 Å². The quantitative estimate of drug-likeness (QED) is 0.439. The summed E-state index contributed by atoms with van der Waals surface area (Å²) < 4.78 is 0. The Morgan fingerprint density at radius 3 is 1.38 bits per heavy atom. The third kappa shape index (κ3) is 2.79. The molecule has 4 heterocycles. The molecular weight excluding hydrogens is 332 g/mol. The highest BCUT2D eigenvalue weighted by Crippen LogP contribution is 2.46. The lowest BCUT2D eigenvalue weighted by molar-refractivity contribution is 1.33. The fourth-order valence-electron chi connectivity index (χ4n) is 2.86. The van der Waals surface area contributed by atoms with Crippen LogP contribution in [0.15, 0.2) is 61.2 Å². The lowest BCUT2D eigenvalue weighted by Crippen LogP contribution is -1.81. The topological polar surface area (TPSA) is 25.8 Å². The molecule has 24 heavy (non-hydrogen) atoms. The standard InChI is InChI=1S/C20H16N2S2/c1-13-11-17(15-3-7-21-8-4-15)19(23-13)20-18(12-14(2)24-20)16-5-9-22-10-6-16/h3-12H,1-2H3. The van der Waals surface area contributed by atoms with Crippen molar-refractivity contribution in [2.45, 2.75) is 13.8 Å². The largest absolute Gasteiger partial charge is 0.265 e. The molecule has 2 nitrogen and oxygen atoms in total. The normalized spacial score (nSPS) is 10.9. The van der Waals surface area contributed by atoms with Crippen LogP contribution < -0.4 is 0 Å². The Kier molecular flexibility index (Phi) is 4.00. The number of rotatable bonds is 3. The van der Waals surface area contributed by atoms with Gasteiger partial charge in [0.2, 0.25) is 0 Å².